The molecule has 0 saturated carbocycles. The van der Waals surface area contributed by atoms with Crippen LogP contribution in [0, 0.1) is 6.92 Å². The molecule has 2 aromatic heterocycles. The monoisotopic (exact) mass is 164 g/mol. The maximum Gasteiger partial charge on any atom is 0.134 e. The number of nitrogens with zero attached hydrogens (tertiary/aromatic N) is 2. The van der Waals surface area contributed by atoms with Crippen LogP contribution in [0.25, 0.3) is 5.52 Å². The largest absolute Gasteiger partial charge is 0.244 e. The third-order valence-electron chi connectivity index (χ3n) is 2.01. The number of fused-ring (bicyclic) bond motifs is 1. The van der Waals surface area contributed by atoms with Crippen LogP contribution in [-0.4, -0.2) is 9.61 Å². The summed E-state index contributed by atoms with van der Waals surface area (Å²) >= 11 is 0. The fourth-order valence-corrected chi connectivity index (χ4v) is 1.30. The molecule has 0 bridgehead atoms. The second-order valence-corrected chi connectivity index (χ2v) is 2.74. The topological polar surface area (TPSA) is 17.3 Å². The first-order valence-corrected chi connectivity index (χ1v) is 3.81. The molecule has 2 heterocycles. The Bertz CT molecular complexity index is 406. The number of halogens is 1. The van der Waals surface area contributed by atoms with Crippen molar-refractivity contribution in [3.05, 3.63) is 35.7 Å². The van der Waals surface area contributed by atoms with Crippen molar-refractivity contribution in [2.75, 3.05) is 0 Å². The van der Waals surface area contributed by atoms with Gasteiger partial charge >= 0.3 is 0 Å². The van der Waals surface area contributed by atoms with Crippen molar-refractivity contribution in [2.24, 2.45) is 0 Å². The molecule has 0 spiro atoms. The minimum absolute atomic E-state index is 0.493. The highest BCUT2D eigenvalue weighted by atomic mass is 19.1. The summed E-state index contributed by atoms with van der Waals surface area (Å²) in [6, 6.07) is 5.73. The first-order chi connectivity index (χ1) is 5.83. The summed E-state index contributed by atoms with van der Waals surface area (Å²) in [4.78, 5) is 0. The lowest BCUT2D eigenvalue weighted by atomic mass is 10.2. The van der Waals surface area contributed by atoms with Gasteiger partial charge in [-0.1, -0.05) is 6.07 Å². The number of alkyl halides is 1. The number of rotatable bonds is 1. The molecule has 62 valence electrons. The van der Waals surface area contributed by atoms with Crippen molar-refractivity contribution in [1.29, 1.82) is 0 Å². The summed E-state index contributed by atoms with van der Waals surface area (Å²) in [5.41, 5.74) is 2.43. The zero-order valence-corrected chi connectivity index (χ0v) is 6.79. The number of aryl methyl sites for hydroxylation is 1. The second kappa shape index (κ2) is 2.59. The van der Waals surface area contributed by atoms with E-state index in [0.29, 0.717) is 5.69 Å². The number of hydrogen-bond donors (Lipinski definition) is 0. The second-order valence-electron chi connectivity index (χ2n) is 2.74. The first-order valence-electron chi connectivity index (χ1n) is 3.81. The summed E-state index contributed by atoms with van der Waals surface area (Å²) in [5.74, 6) is 0. The van der Waals surface area contributed by atoms with Crippen molar-refractivity contribution in [3.8, 4) is 0 Å². The van der Waals surface area contributed by atoms with Crippen molar-refractivity contribution in [3.63, 3.8) is 0 Å². The normalized spacial score (nSPS) is 10.8. The van der Waals surface area contributed by atoms with E-state index < -0.39 is 6.67 Å². The molecule has 0 aliphatic heterocycles. The predicted molar refractivity (Wildman–Crippen MR) is 44.7 cm³/mol. The fourth-order valence-electron chi connectivity index (χ4n) is 1.30. The fraction of sp³-hybridized carbons (Fsp3) is 0.222. The van der Waals surface area contributed by atoms with Crippen molar-refractivity contribution in [1.82, 2.24) is 9.61 Å². The van der Waals surface area contributed by atoms with E-state index in [1.165, 1.54) is 0 Å². The van der Waals surface area contributed by atoms with Gasteiger partial charge in [0.15, 0.2) is 0 Å². The number of aromatic nitrogens is 2. The maximum atomic E-state index is 12.3. The van der Waals surface area contributed by atoms with Gasteiger partial charge in [0.05, 0.1) is 11.2 Å². The molecule has 0 fully saturated rings. The Hall–Kier alpha value is -1.38. The Morgan fingerprint density at radius 1 is 1.50 bits per heavy atom. The van der Waals surface area contributed by atoms with Gasteiger partial charge in [-0.15, -0.1) is 0 Å². The molecule has 0 N–H and O–H groups in total. The minimum Gasteiger partial charge on any atom is -0.244 e. The van der Waals surface area contributed by atoms with Crippen LogP contribution in [0.4, 0.5) is 4.39 Å². The third kappa shape index (κ3) is 0.897. The molecule has 12 heavy (non-hydrogen) atoms. The van der Waals surface area contributed by atoms with Crippen molar-refractivity contribution >= 4 is 5.52 Å². The summed E-state index contributed by atoms with van der Waals surface area (Å²) in [5, 5.41) is 4.07. The van der Waals surface area contributed by atoms with Crippen LogP contribution >= 0.6 is 0 Å². The quantitative estimate of drug-likeness (QED) is 0.631. The van der Waals surface area contributed by atoms with Crippen LogP contribution < -0.4 is 0 Å². The van der Waals surface area contributed by atoms with Crippen LogP contribution in [-0.2, 0) is 6.67 Å². The van der Waals surface area contributed by atoms with Gasteiger partial charge < -0.3 is 0 Å². The minimum atomic E-state index is -0.493. The van der Waals surface area contributed by atoms with E-state index in [-0.39, 0.29) is 0 Å². The smallest absolute Gasteiger partial charge is 0.134 e. The molecule has 0 saturated heterocycles. The van der Waals surface area contributed by atoms with Gasteiger partial charge in [-0.25, -0.2) is 8.91 Å². The molecule has 0 atom stereocenters. The highest BCUT2D eigenvalue weighted by Crippen LogP contribution is 2.14. The van der Waals surface area contributed by atoms with Crippen LogP contribution in [0.3, 0.4) is 0 Å². The van der Waals surface area contributed by atoms with Gasteiger partial charge in [-0.2, -0.15) is 5.10 Å². The van der Waals surface area contributed by atoms with Crippen LogP contribution in [0.15, 0.2) is 24.4 Å². The van der Waals surface area contributed by atoms with Gasteiger partial charge in [0.1, 0.15) is 6.67 Å². The van der Waals surface area contributed by atoms with Crippen molar-refractivity contribution < 1.29 is 4.39 Å². The average molecular weight is 164 g/mol. The highest BCUT2D eigenvalue weighted by Gasteiger charge is 2.05. The number of pyridine rings is 1. The van der Waals surface area contributed by atoms with Gasteiger partial charge in [0.2, 0.25) is 0 Å². The SMILES string of the molecule is Cc1c(CF)nn2ccccc12. The predicted octanol–water partition coefficient (Wildman–Crippen LogP) is 2.11. The lowest BCUT2D eigenvalue weighted by Crippen LogP contribution is -1.85. The maximum absolute atomic E-state index is 12.3. The molecule has 2 nitrogen and oxygen atoms in total. The molecule has 0 amide bonds. The Morgan fingerprint density at radius 2 is 2.33 bits per heavy atom. The van der Waals surface area contributed by atoms with Crippen LogP contribution in [0.2, 0.25) is 0 Å². The molecular weight excluding hydrogens is 155 g/mol. The molecular formula is C9H9FN2. The van der Waals surface area contributed by atoms with Crippen LogP contribution in [0.5, 0.6) is 0 Å². The van der Waals surface area contributed by atoms with E-state index in [4.69, 9.17) is 0 Å². The van der Waals surface area contributed by atoms with E-state index in [1.807, 2.05) is 31.3 Å². The summed E-state index contributed by atoms with van der Waals surface area (Å²) in [6.45, 7) is 1.39. The Labute approximate surface area is 69.6 Å². The Kier molecular flexibility index (Phi) is 1.57. The van der Waals surface area contributed by atoms with Gasteiger partial charge in [0.25, 0.3) is 0 Å². The summed E-state index contributed by atoms with van der Waals surface area (Å²) in [6.07, 6.45) is 1.82. The third-order valence-corrected chi connectivity index (χ3v) is 2.01. The standard InChI is InChI=1S/C9H9FN2/c1-7-8(6-10)11-12-5-3-2-4-9(7)12/h2-5H,6H2,1H3. The van der Waals surface area contributed by atoms with E-state index in [9.17, 15) is 4.39 Å². The molecule has 0 aliphatic rings. The van der Waals surface area contributed by atoms with Crippen molar-refractivity contribution in [2.45, 2.75) is 13.6 Å². The Balaban J connectivity index is 2.78. The van der Waals surface area contributed by atoms with Crippen LogP contribution in [0.1, 0.15) is 11.3 Å². The lowest BCUT2D eigenvalue weighted by Gasteiger charge is -1.89. The molecule has 2 aromatic rings. The van der Waals surface area contributed by atoms with E-state index in [0.717, 1.165) is 11.1 Å². The zero-order valence-electron chi connectivity index (χ0n) is 6.79. The molecule has 3 heteroatoms. The zero-order chi connectivity index (χ0) is 8.55. The summed E-state index contributed by atoms with van der Waals surface area (Å²) in [7, 11) is 0. The molecule has 0 aliphatic carbocycles. The van der Waals surface area contributed by atoms with Gasteiger partial charge in [0, 0.05) is 11.8 Å². The average Bonchev–Trinajstić information content (AvgIpc) is 2.44. The summed E-state index contributed by atoms with van der Waals surface area (Å²) < 4.78 is 14.0. The van der Waals surface area contributed by atoms with E-state index >= 15 is 0 Å². The lowest BCUT2D eigenvalue weighted by molar-refractivity contribution is 0.472. The Morgan fingerprint density at radius 3 is 3.00 bits per heavy atom. The van der Waals surface area contributed by atoms with Gasteiger partial charge in [-0.05, 0) is 19.1 Å². The van der Waals surface area contributed by atoms with E-state index in [2.05, 4.69) is 5.10 Å². The molecule has 0 unspecified atom stereocenters. The molecule has 0 aromatic carbocycles. The molecule has 2 rings (SSSR count). The molecule has 0 radical (unpaired) electrons. The first kappa shape index (κ1) is 7.28. The van der Waals surface area contributed by atoms with E-state index in [1.54, 1.807) is 4.52 Å². The highest BCUT2D eigenvalue weighted by molar-refractivity contribution is 5.55. The van der Waals surface area contributed by atoms with Gasteiger partial charge in [-0.3, -0.25) is 0 Å². The number of hydrogen-bond acceptors (Lipinski definition) is 1.